The van der Waals surface area contributed by atoms with Crippen LogP contribution in [0.3, 0.4) is 0 Å². The quantitative estimate of drug-likeness (QED) is 0.345. The van der Waals surface area contributed by atoms with Crippen molar-refractivity contribution >= 4 is 34.3 Å². The van der Waals surface area contributed by atoms with E-state index < -0.39 is 0 Å². The largest absolute Gasteiger partial charge is 0.494 e. The molecule has 3 N–H and O–H groups in total. The maximum Gasteiger partial charge on any atom is 0.227 e. The highest BCUT2D eigenvalue weighted by molar-refractivity contribution is 5.95. The summed E-state index contributed by atoms with van der Waals surface area (Å²) in [4.78, 5) is 13.7. The lowest BCUT2D eigenvalue weighted by Crippen LogP contribution is -2.29. The predicted molar refractivity (Wildman–Crippen MR) is 150 cm³/mol. The van der Waals surface area contributed by atoms with E-state index in [4.69, 9.17) is 15.5 Å². The normalized spacial score (nSPS) is 11.5. The van der Waals surface area contributed by atoms with Gasteiger partial charge in [0.2, 0.25) is 5.95 Å². The number of para-hydroxylation sites is 1. The standard InChI is InChI=1S/C28H35N7O/c1-33(2)15-16-34(3)26-18-27(36-5)24(17-20(26)9-8-13-29)32-28-30-14-12-23(31-28)22-19-35(4)25-11-7-6-10-21(22)25/h6-12,14,17-19H,13,15-16,29H2,1-5H3,(H,30,31,32). The van der Waals surface area contributed by atoms with Crippen molar-refractivity contribution in [2.45, 2.75) is 0 Å². The van der Waals surface area contributed by atoms with Gasteiger partial charge in [0.15, 0.2) is 0 Å². The number of nitrogens with zero attached hydrogens (tertiary/aromatic N) is 5. The van der Waals surface area contributed by atoms with Crippen molar-refractivity contribution in [2.24, 2.45) is 12.8 Å². The number of aryl methyl sites for hydroxylation is 1. The van der Waals surface area contributed by atoms with Crippen LogP contribution in [0.4, 0.5) is 17.3 Å². The van der Waals surface area contributed by atoms with Gasteiger partial charge in [-0.3, -0.25) is 0 Å². The highest BCUT2D eigenvalue weighted by Crippen LogP contribution is 2.36. The van der Waals surface area contributed by atoms with Gasteiger partial charge in [-0.05, 0) is 37.9 Å². The number of aromatic nitrogens is 3. The third-order valence-electron chi connectivity index (χ3n) is 6.15. The molecule has 2 aromatic heterocycles. The average Bonchev–Trinajstić information content (AvgIpc) is 3.22. The summed E-state index contributed by atoms with van der Waals surface area (Å²) in [5.74, 6) is 1.21. The first-order chi connectivity index (χ1) is 17.4. The molecule has 36 heavy (non-hydrogen) atoms. The molecule has 2 aromatic carbocycles. The van der Waals surface area contributed by atoms with E-state index in [9.17, 15) is 0 Å². The Morgan fingerprint density at radius 3 is 2.67 bits per heavy atom. The summed E-state index contributed by atoms with van der Waals surface area (Å²) in [6.07, 6.45) is 7.87. The molecule has 0 fully saturated rings. The Hall–Kier alpha value is -3.88. The molecule has 4 aromatic rings. The lowest BCUT2D eigenvalue weighted by Gasteiger charge is -2.25. The van der Waals surface area contributed by atoms with Crippen molar-refractivity contribution in [1.29, 1.82) is 0 Å². The van der Waals surface area contributed by atoms with E-state index in [0.29, 0.717) is 18.2 Å². The van der Waals surface area contributed by atoms with Crippen LogP contribution in [-0.4, -0.2) is 67.3 Å². The van der Waals surface area contributed by atoms with Crippen molar-refractivity contribution in [2.75, 3.05) is 58.1 Å². The van der Waals surface area contributed by atoms with Crippen LogP contribution in [0.25, 0.3) is 28.2 Å². The Morgan fingerprint density at radius 2 is 1.92 bits per heavy atom. The zero-order valence-electron chi connectivity index (χ0n) is 21.7. The van der Waals surface area contributed by atoms with Crippen molar-refractivity contribution < 1.29 is 4.74 Å². The zero-order chi connectivity index (χ0) is 25.7. The van der Waals surface area contributed by atoms with Gasteiger partial charge in [-0.25, -0.2) is 9.97 Å². The van der Waals surface area contributed by atoms with Crippen LogP contribution in [0, 0.1) is 0 Å². The average molecular weight is 486 g/mol. The minimum absolute atomic E-state index is 0.464. The summed E-state index contributed by atoms with van der Waals surface area (Å²) in [6.45, 7) is 2.28. The lowest BCUT2D eigenvalue weighted by molar-refractivity contribution is 0.413. The summed E-state index contributed by atoms with van der Waals surface area (Å²) in [6, 6.07) is 14.3. The van der Waals surface area contributed by atoms with Gasteiger partial charge in [0.1, 0.15) is 5.75 Å². The number of rotatable bonds is 10. The molecule has 0 amide bonds. The molecule has 8 heteroatoms. The molecule has 8 nitrogen and oxygen atoms in total. The zero-order valence-corrected chi connectivity index (χ0v) is 21.7. The Kier molecular flexibility index (Phi) is 7.87. The lowest BCUT2D eigenvalue weighted by atomic mass is 10.1. The van der Waals surface area contributed by atoms with Crippen LogP contribution in [0.1, 0.15) is 5.56 Å². The molecule has 2 heterocycles. The van der Waals surface area contributed by atoms with E-state index in [-0.39, 0.29) is 0 Å². The van der Waals surface area contributed by atoms with Gasteiger partial charge in [0.05, 0.1) is 18.5 Å². The van der Waals surface area contributed by atoms with Gasteiger partial charge in [0.25, 0.3) is 0 Å². The molecular weight excluding hydrogens is 450 g/mol. The summed E-state index contributed by atoms with van der Waals surface area (Å²) < 4.78 is 7.88. The predicted octanol–water partition coefficient (Wildman–Crippen LogP) is 4.36. The van der Waals surface area contributed by atoms with E-state index in [0.717, 1.165) is 52.2 Å². The second kappa shape index (κ2) is 11.2. The van der Waals surface area contributed by atoms with E-state index >= 15 is 0 Å². The van der Waals surface area contributed by atoms with Crippen LogP contribution in [0.2, 0.25) is 0 Å². The number of ether oxygens (including phenoxy) is 1. The third-order valence-corrected chi connectivity index (χ3v) is 6.15. The first kappa shape index (κ1) is 25.2. The summed E-state index contributed by atoms with van der Waals surface area (Å²) in [7, 11) is 9.95. The first-order valence-electron chi connectivity index (χ1n) is 12.0. The monoisotopic (exact) mass is 485 g/mol. The number of likely N-dealkylation sites (N-methyl/N-ethyl adjacent to an activating group) is 2. The van der Waals surface area contributed by atoms with Gasteiger partial charge in [-0.15, -0.1) is 0 Å². The molecule has 0 saturated heterocycles. The Morgan fingerprint density at radius 1 is 1.11 bits per heavy atom. The van der Waals surface area contributed by atoms with Crippen LogP contribution < -0.4 is 20.7 Å². The van der Waals surface area contributed by atoms with E-state index in [2.05, 4.69) is 70.2 Å². The van der Waals surface area contributed by atoms with Crippen molar-refractivity contribution in [3.63, 3.8) is 0 Å². The van der Waals surface area contributed by atoms with Crippen molar-refractivity contribution in [3.05, 3.63) is 66.5 Å². The van der Waals surface area contributed by atoms with E-state index in [1.54, 1.807) is 13.3 Å². The number of anilines is 3. The van der Waals surface area contributed by atoms with Gasteiger partial charge < -0.3 is 30.2 Å². The highest BCUT2D eigenvalue weighted by atomic mass is 16.5. The molecule has 0 aliphatic rings. The van der Waals surface area contributed by atoms with Gasteiger partial charge in [-0.1, -0.05) is 30.4 Å². The third kappa shape index (κ3) is 5.50. The Bertz CT molecular complexity index is 1360. The van der Waals surface area contributed by atoms with Crippen LogP contribution >= 0.6 is 0 Å². The fourth-order valence-corrected chi connectivity index (χ4v) is 4.22. The molecule has 0 saturated carbocycles. The SMILES string of the molecule is COc1cc(N(C)CCN(C)C)c(C=CCN)cc1Nc1nccc(-c2cn(C)c3ccccc23)n1. The Labute approximate surface area is 213 Å². The first-order valence-corrected chi connectivity index (χ1v) is 12.0. The van der Waals surface area contributed by atoms with Crippen LogP contribution in [0.15, 0.2) is 60.9 Å². The number of nitrogens with two attached hydrogens (primary N) is 1. The van der Waals surface area contributed by atoms with Gasteiger partial charge in [-0.2, -0.15) is 0 Å². The van der Waals surface area contributed by atoms with Crippen molar-refractivity contribution in [3.8, 4) is 17.0 Å². The van der Waals surface area contributed by atoms with E-state index in [1.807, 2.05) is 43.5 Å². The number of hydrogen-bond donors (Lipinski definition) is 2. The van der Waals surface area contributed by atoms with E-state index in [1.165, 1.54) is 0 Å². The summed E-state index contributed by atoms with van der Waals surface area (Å²) >= 11 is 0. The van der Waals surface area contributed by atoms with Crippen molar-refractivity contribution in [1.82, 2.24) is 19.4 Å². The minimum Gasteiger partial charge on any atom is -0.494 e. The van der Waals surface area contributed by atoms with Gasteiger partial charge in [0, 0.05) is 74.3 Å². The molecule has 0 atom stereocenters. The summed E-state index contributed by atoms with van der Waals surface area (Å²) in [5, 5.41) is 4.53. The molecule has 0 aliphatic carbocycles. The topological polar surface area (TPSA) is 84.5 Å². The highest BCUT2D eigenvalue weighted by Gasteiger charge is 2.15. The number of benzene rings is 2. The molecule has 0 radical (unpaired) electrons. The fraction of sp³-hybridized carbons (Fsp3) is 0.286. The van der Waals surface area contributed by atoms with Crippen LogP contribution in [0.5, 0.6) is 5.75 Å². The maximum atomic E-state index is 5.76. The smallest absolute Gasteiger partial charge is 0.227 e. The molecule has 188 valence electrons. The molecule has 4 rings (SSSR count). The Balaban J connectivity index is 1.70. The number of hydrogen-bond acceptors (Lipinski definition) is 7. The maximum absolute atomic E-state index is 5.76. The number of methoxy groups -OCH3 is 1. The molecule has 0 aliphatic heterocycles. The molecule has 0 unspecified atom stereocenters. The molecular formula is C28H35N7O. The minimum atomic E-state index is 0.464. The van der Waals surface area contributed by atoms with Gasteiger partial charge >= 0.3 is 0 Å². The number of nitrogens with one attached hydrogen (secondary N) is 1. The summed E-state index contributed by atoms with van der Waals surface area (Å²) in [5.41, 5.74) is 11.7. The molecule has 0 spiro atoms. The molecule has 0 bridgehead atoms. The van der Waals surface area contributed by atoms with Crippen LogP contribution in [-0.2, 0) is 7.05 Å². The second-order valence-electron chi connectivity index (χ2n) is 9.04. The fourth-order valence-electron chi connectivity index (χ4n) is 4.22. The second-order valence-corrected chi connectivity index (χ2v) is 9.04. The number of fused-ring (bicyclic) bond motifs is 1.